The van der Waals surface area contributed by atoms with Crippen LogP contribution in [0.1, 0.15) is 45.6 Å². The summed E-state index contributed by atoms with van der Waals surface area (Å²) in [6.07, 6.45) is -1.08. The lowest BCUT2D eigenvalue weighted by Crippen LogP contribution is -2.45. The van der Waals surface area contributed by atoms with Gasteiger partial charge in [0.2, 0.25) is 5.91 Å². The van der Waals surface area contributed by atoms with Crippen LogP contribution in [-0.2, 0) is 29.2 Å². The van der Waals surface area contributed by atoms with Crippen LogP contribution < -0.4 is 10.2 Å². The summed E-state index contributed by atoms with van der Waals surface area (Å²) in [6.45, 7) is 5.74. The molecule has 0 aromatic heterocycles. The van der Waals surface area contributed by atoms with Gasteiger partial charge in [-0.2, -0.15) is 0 Å². The topological polar surface area (TPSA) is 111 Å². The molecule has 30 heavy (non-hydrogen) atoms. The molecule has 0 spiro atoms. The maximum Gasteiger partial charge on any atom is 0.421 e. The van der Waals surface area contributed by atoms with Gasteiger partial charge in [-0.1, -0.05) is 18.2 Å². The molecule has 9 heteroatoms. The van der Waals surface area contributed by atoms with Crippen LogP contribution in [0.15, 0.2) is 24.3 Å². The molecule has 1 aromatic rings. The smallest absolute Gasteiger partial charge is 0.421 e. The summed E-state index contributed by atoms with van der Waals surface area (Å²) in [5, 5.41) is 2.60. The summed E-state index contributed by atoms with van der Waals surface area (Å²) in [6, 6.07) is 6.90. The molecule has 164 valence electrons. The number of ether oxygens (including phenoxy) is 3. The maximum absolute atomic E-state index is 13.5. The number of alkyl carbamates (subject to hydrolysis) is 1. The molecule has 1 heterocycles. The van der Waals surface area contributed by atoms with Gasteiger partial charge in [-0.15, -0.1) is 0 Å². The van der Waals surface area contributed by atoms with Crippen LogP contribution in [0, 0.1) is 0 Å². The summed E-state index contributed by atoms with van der Waals surface area (Å²) in [5.41, 5.74) is -0.158. The van der Waals surface area contributed by atoms with Crippen molar-refractivity contribution in [3.05, 3.63) is 29.8 Å². The number of nitrogens with zero attached hydrogens (tertiary/aromatic N) is 1. The number of nitrogens with one attached hydrogen (secondary N) is 1. The second kappa shape index (κ2) is 10.6. The number of carbonyl (C=O) groups is 4. The Morgan fingerprint density at radius 2 is 1.63 bits per heavy atom. The van der Waals surface area contributed by atoms with Gasteiger partial charge < -0.3 is 19.5 Å². The Labute approximate surface area is 175 Å². The number of rotatable bonds is 9. The predicted octanol–water partition coefficient (Wildman–Crippen LogP) is 2.91. The molecule has 0 saturated heterocycles. The largest absolute Gasteiger partial charge is 0.466 e. The normalized spacial score (nSPS) is 17.3. The Bertz CT molecular complexity index is 795. The standard InChI is InChI=1S/C21H28N2O7/c1-4-28-17(24)11-12-21(13-14-22-19(26)29-5-2)15-9-7-8-10-16(15)23(18(21)25)20(27)30-6-3/h7-10H,4-6,11-14H2,1-3H3,(H,22,26)/t21-/m0/s1. The summed E-state index contributed by atoms with van der Waals surface area (Å²) < 4.78 is 14.9. The second-order valence-corrected chi connectivity index (χ2v) is 6.64. The molecule has 0 bridgehead atoms. The van der Waals surface area contributed by atoms with Gasteiger partial charge in [0, 0.05) is 13.0 Å². The number of para-hydroxylation sites is 1. The average Bonchev–Trinajstić information content (AvgIpc) is 2.96. The van der Waals surface area contributed by atoms with Crippen LogP contribution in [0.4, 0.5) is 15.3 Å². The lowest BCUT2D eigenvalue weighted by Gasteiger charge is -2.28. The molecule has 1 atom stereocenters. The van der Waals surface area contributed by atoms with E-state index in [2.05, 4.69) is 5.32 Å². The highest BCUT2D eigenvalue weighted by Crippen LogP contribution is 2.47. The van der Waals surface area contributed by atoms with E-state index in [0.29, 0.717) is 11.3 Å². The summed E-state index contributed by atoms with van der Waals surface area (Å²) in [7, 11) is 0. The van der Waals surface area contributed by atoms with Gasteiger partial charge in [0.15, 0.2) is 0 Å². The molecule has 9 nitrogen and oxygen atoms in total. The van der Waals surface area contributed by atoms with Gasteiger partial charge >= 0.3 is 18.2 Å². The molecule has 1 aliphatic rings. The first-order valence-corrected chi connectivity index (χ1v) is 10.1. The molecular formula is C21H28N2O7. The molecule has 2 rings (SSSR count). The highest BCUT2D eigenvalue weighted by atomic mass is 16.6. The van der Waals surface area contributed by atoms with Crippen molar-refractivity contribution in [3.8, 4) is 0 Å². The zero-order chi connectivity index (χ0) is 22.1. The molecule has 1 aromatic carbocycles. The number of imide groups is 1. The van der Waals surface area contributed by atoms with Gasteiger partial charge in [-0.05, 0) is 45.2 Å². The molecular weight excluding hydrogens is 392 g/mol. The second-order valence-electron chi connectivity index (χ2n) is 6.64. The Morgan fingerprint density at radius 3 is 2.30 bits per heavy atom. The third-order valence-corrected chi connectivity index (χ3v) is 4.88. The fraction of sp³-hybridized carbons (Fsp3) is 0.524. The van der Waals surface area contributed by atoms with Crippen molar-refractivity contribution in [1.82, 2.24) is 5.32 Å². The lowest BCUT2D eigenvalue weighted by atomic mass is 9.75. The summed E-state index contributed by atoms with van der Waals surface area (Å²) in [5.74, 6) is -0.924. The van der Waals surface area contributed by atoms with Crippen LogP contribution in [0.5, 0.6) is 0 Å². The zero-order valence-corrected chi connectivity index (χ0v) is 17.6. The van der Waals surface area contributed by atoms with Crippen molar-refractivity contribution in [2.24, 2.45) is 0 Å². The van der Waals surface area contributed by atoms with Crippen LogP contribution in [0.25, 0.3) is 0 Å². The van der Waals surface area contributed by atoms with Crippen molar-refractivity contribution in [2.45, 2.75) is 45.4 Å². The first kappa shape index (κ1) is 23.2. The third kappa shape index (κ3) is 4.90. The van der Waals surface area contributed by atoms with Gasteiger partial charge in [0.05, 0.1) is 30.9 Å². The number of amides is 3. The molecule has 0 radical (unpaired) electrons. The minimum atomic E-state index is -1.18. The molecule has 0 saturated carbocycles. The van der Waals surface area contributed by atoms with Crippen LogP contribution in [0.3, 0.4) is 0 Å². The van der Waals surface area contributed by atoms with E-state index in [0.717, 1.165) is 4.90 Å². The first-order valence-electron chi connectivity index (χ1n) is 10.1. The highest BCUT2D eigenvalue weighted by molar-refractivity contribution is 6.21. The SMILES string of the molecule is CCOC(=O)CC[C@@]1(CCNC(=O)OCC)C(=O)N(C(=O)OCC)c2ccccc21. The zero-order valence-electron chi connectivity index (χ0n) is 17.6. The number of carbonyl (C=O) groups excluding carboxylic acids is 4. The maximum atomic E-state index is 13.5. The van der Waals surface area contributed by atoms with E-state index in [9.17, 15) is 19.2 Å². The van der Waals surface area contributed by atoms with Crippen molar-refractivity contribution >= 4 is 29.8 Å². The van der Waals surface area contributed by atoms with E-state index in [-0.39, 0.29) is 45.6 Å². The lowest BCUT2D eigenvalue weighted by molar-refractivity contribution is -0.143. The van der Waals surface area contributed by atoms with Crippen molar-refractivity contribution in [3.63, 3.8) is 0 Å². The minimum absolute atomic E-state index is 0.00993. The average molecular weight is 420 g/mol. The number of fused-ring (bicyclic) bond motifs is 1. The highest BCUT2D eigenvalue weighted by Gasteiger charge is 2.53. The monoisotopic (exact) mass is 420 g/mol. The first-order chi connectivity index (χ1) is 14.4. The van der Waals surface area contributed by atoms with Gasteiger partial charge in [-0.25, -0.2) is 14.5 Å². The van der Waals surface area contributed by atoms with E-state index < -0.39 is 29.5 Å². The molecule has 0 fully saturated rings. The van der Waals surface area contributed by atoms with E-state index in [1.165, 1.54) is 0 Å². The number of hydrogen-bond donors (Lipinski definition) is 1. The van der Waals surface area contributed by atoms with Crippen molar-refractivity contribution in [2.75, 3.05) is 31.3 Å². The minimum Gasteiger partial charge on any atom is -0.466 e. The van der Waals surface area contributed by atoms with E-state index in [1.807, 2.05) is 0 Å². The van der Waals surface area contributed by atoms with E-state index in [1.54, 1.807) is 45.0 Å². The fourth-order valence-electron chi connectivity index (χ4n) is 3.60. The van der Waals surface area contributed by atoms with Crippen molar-refractivity contribution in [1.29, 1.82) is 0 Å². The molecule has 1 N–H and O–H groups in total. The quantitative estimate of drug-likeness (QED) is 0.483. The molecule has 3 amide bonds. The number of hydrogen-bond acceptors (Lipinski definition) is 7. The number of benzene rings is 1. The molecule has 1 aliphatic heterocycles. The van der Waals surface area contributed by atoms with Gasteiger partial charge in [0.1, 0.15) is 0 Å². The van der Waals surface area contributed by atoms with Gasteiger partial charge in [-0.3, -0.25) is 9.59 Å². The van der Waals surface area contributed by atoms with E-state index >= 15 is 0 Å². The van der Waals surface area contributed by atoms with Crippen molar-refractivity contribution < 1.29 is 33.4 Å². The van der Waals surface area contributed by atoms with Gasteiger partial charge in [0.25, 0.3) is 0 Å². The predicted molar refractivity (Wildman–Crippen MR) is 108 cm³/mol. The summed E-state index contributed by atoms with van der Waals surface area (Å²) in [4.78, 5) is 50.7. The molecule has 0 unspecified atom stereocenters. The number of esters is 1. The molecule has 0 aliphatic carbocycles. The fourth-order valence-corrected chi connectivity index (χ4v) is 3.60. The van der Waals surface area contributed by atoms with E-state index in [4.69, 9.17) is 14.2 Å². The Hall–Kier alpha value is -3.10. The number of anilines is 1. The van der Waals surface area contributed by atoms with Crippen LogP contribution >= 0.6 is 0 Å². The Kier molecular flexibility index (Phi) is 8.20. The van der Waals surface area contributed by atoms with Crippen LogP contribution in [-0.4, -0.2) is 50.4 Å². The Balaban J connectivity index is 2.37. The Morgan fingerprint density at radius 1 is 0.967 bits per heavy atom. The van der Waals surface area contributed by atoms with Crippen LogP contribution in [0.2, 0.25) is 0 Å². The summed E-state index contributed by atoms with van der Waals surface area (Å²) >= 11 is 0. The third-order valence-electron chi connectivity index (χ3n) is 4.88.